The molecule has 0 aliphatic heterocycles. The first-order chi connectivity index (χ1) is 16.1. The molecule has 180 valence electrons. The molecule has 4 rings (SSSR count). The van der Waals surface area contributed by atoms with E-state index >= 15 is 0 Å². The summed E-state index contributed by atoms with van der Waals surface area (Å²) in [6.07, 6.45) is 4.87. The molecule has 1 aliphatic carbocycles. The number of hydrogen-bond donors (Lipinski definition) is 1. The van der Waals surface area contributed by atoms with Crippen LogP contribution in [-0.2, 0) is 22.4 Å². The smallest absolute Gasteiger partial charge is 0.337 e. The normalized spacial score (nSPS) is 14.6. The molecule has 0 spiro atoms. The van der Waals surface area contributed by atoms with Gasteiger partial charge in [0.25, 0.3) is 0 Å². The number of aromatic nitrogens is 1. The summed E-state index contributed by atoms with van der Waals surface area (Å²) < 4.78 is 12.3. The van der Waals surface area contributed by atoms with E-state index in [1.165, 1.54) is 16.9 Å². The van der Waals surface area contributed by atoms with Gasteiger partial charge in [-0.2, -0.15) is 0 Å². The number of ether oxygens (including phenoxy) is 2. The van der Waals surface area contributed by atoms with Crippen LogP contribution in [0.2, 0.25) is 0 Å². The first-order valence-electron chi connectivity index (χ1n) is 11.8. The van der Waals surface area contributed by atoms with Crippen molar-refractivity contribution < 1.29 is 19.4 Å². The van der Waals surface area contributed by atoms with Gasteiger partial charge in [-0.15, -0.1) is 11.3 Å². The van der Waals surface area contributed by atoms with Gasteiger partial charge in [0, 0.05) is 32.6 Å². The number of hydrogen-bond acceptors (Lipinski definition) is 5. The van der Waals surface area contributed by atoms with Gasteiger partial charge in [0.05, 0.1) is 5.60 Å². The molecule has 0 fully saturated rings. The zero-order chi connectivity index (χ0) is 24.6. The number of benzene rings is 1. The Morgan fingerprint density at radius 2 is 2.00 bits per heavy atom. The zero-order valence-corrected chi connectivity index (χ0v) is 21.5. The van der Waals surface area contributed by atoms with Crippen LogP contribution in [0.15, 0.2) is 30.9 Å². The van der Waals surface area contributed by atoms with Crippen LogP contribution in [0, 0.1) is 13.8 Å². The zero-order valence-electron chi connectivity index (χ0n) is 20.7. The Morgan fingerprint density at radius 1 is 1.26 bits per heavy atom. The highest BCUT2D eigenvalue weighted by atomic mass is 32.1. The van der Waals surface area contributed by atoms with Crippen LogP contribution in [0.4, 0.5) is 0 Å². The summed E-state index contributed by atoms with van der Waals surface area (Å²) in [4.78, 5) is 19.8. The highest BCUT2D eigenvalue weighted by Gasteiger charge is 2.34. The van der Waals surface area contributed by atoms with Gasteiger partial charge in [0.15, 0.2) is 6.10 Å². The number of carboxylic acid groups (broad SMARTS) is 1. The number of fused-ring (bicyclic) bond motifs is 3. The van der Waals surface area contributed by atoms with Crippen LogP contribution in [0.5, 0.6) is 5.75 Å². The van der Waals surface area contributed by atoms with Gasteiger partial charge in [0.2, 0.25) is 0 Å². The van der Waals surface area contributed by atoms with Crippen LogP contribution in [0.1, 0.15) is 67.0 Å². The highest BCUT2D eigenvalue weighted by Crippen LogP contribution is 2.48. The second kappa shape index (κ2) is 9.51. The van der Waals surface area contributed by atoms with Crippen molar-refractivity contribution in [3.8, 4) is 16.9 Å². The molecule has 2 heterocycles. The van der Waals surface area contributed by atoms with E-state index in [9.17, 15) is 9.90 Å². The van der Waals surface area contributed by atoms with E-state index < -0.39 is 17.7 Å². The fourth-order valence-electron chi connectivity index (χ4n) is 4.71. The summed E-state index contributed by atoms with van der Waals surface area (Å²) >= 11 is 1.74. The predicted molar refractivity (Wildman–Crippen MR) is 138 cm³/mol. The number of pyridine rings is 1. The fraction of sp³-hybridized carbons (Fsp3) is 0.429. The minimum absolute atomic E-state index is 0.363. The van der Waals surface area contributed by atoms with Crippen LogP contribution in [0.3, 0.4) is 0 Å². The fourth-order valence-corrected chi connectivity index (χ4v) is 6.02. The van der Waals surface area contributed by atoms with Crippen molar-refractivity contribution in [2.45, 2.75) is 72.0 Å². The van der Waals surface area contributed by atoms with E-state index in [0.717, 1.165) is 46.2 Å². The maximum absolute atomic E-state index is 12.6. The van der Waals surface area contributed by atoms with Crippen molar-refractivity contribution in [3.05, 3.63) is 58.1 Å². The Morgan fingerprint density at radius 3 is 2.68 bits per heavy atom. The number of aliphatic carboxylic acids is 1. The van der Waals surface area contributed by atoms with Crippen molar-refractivity contribution in [3.63, 3.8) is 0 Å². The lowest BCUT2D eigenvalue weighted by Crippen LogP contribution is -2.28. The summed E-state index contributed by atoms with van der Waals surface area (Å²) in [6, 6.07) is 6.08. The number of carboxylic acids is 1. The predicted octanol–water partition coefficient (Wildman–Crippen LogP) is 6.96. The maximum atomic E-state index is 12.6. The van der Waals surface area contributed by atoms with Crippen molar-refractivity contribution in [1.29, 1.82) is 0 Å². The number of aryl methyl sites for hydroxylation is 4. The Labute approximate surface area is 205 Å². The Balaban J connectivity index is 2.11. The minimum Gasteiger partial charge on any atom is -0.489 e. The van der Waals surface area contributed by atoms with Gasteiger partial charge in [-0.05, 0) is 77.5 Å². The van der Waals surface area contributed by atoms with Gasteiger partial charge in [-0.3, -0.25) is 0 Å². The van der Waals surface area contributed by atoms with Crippen molar-refractivity contribution in [1.82, 2.24) is 4.98 Å². The molecule has 0 saturated carbocycles. The molecule has 1 aromatic carbocycles. The molecule has 0 bridgehead atoms. The number of rotatable bonds is 7. The molecule has 1 atom stereocenters. The summed E-state index contributed by atoms with van der Waals surface area (Å²) in [6.45, 7) is 13.7. The lowest BCUT2D eigenvalue weighted by atomic mass is 9.87. The van der Waals surface area contributed by atoms with Crippen LogP contribution >= 0.6 is 11.3 Å². The van der Waals surface area contributed by atoms with Gasteiger partial charge in [-0.1, -0.05) is 24.8 Å². The molecule has 5 nitrogen and oxygen atoms in total. The molecule has 2 aromatic heterocycles. The molecule has 0 saturated heterocycles. The third-order valence-corrected chi connectivity index (χ3v) is 7.24. The monoisotopic (exact) mass is 479 g/mol. The molecule has 3 aromatic rings. The van der Waals surface area contributed by atoms with E-state index in [0.29, 0.717) is 23.6 Å². The second-order valence-corrected chi connectivity index (χ2v) is 11.0. The van der Waals surface area contributed by atoms with Gasteiger partial charge in [-0.25, -0.2) is 9.78 Å². The van der Waals surface area contributed by atoms with Gasteiger partial charge < -0.3 is 14.6 Å². The average Bonchev–Trinajstić information content (AvgIpc) is 3.12. The lowest BCUT2D eigenvalue weighted by Gasteiger charge is -2.28. The third-order valence-electron chi connectivity index (χ3n) is 6.05. The molecule has 1 aliphatic rings. The Kier molecular flexibility index (Phi) is 6.83. The molecule has 1 unspecified atom stereocenters. The number of nitrogens with zero attached hydrogens (tertiary/aromatic N) is 1. The molecular weight excluding hydrogens is 446 g/mol. The molecular formula is C28H33NO4S. The van der Waals surface area contributed by atoms with Gasteiger partial charge >= 0.3 is 5.97 Å². The number of carbonyl (C=O) groups is 1. The molecule has 6 heteroatoms. The largest absolute Gasteiger partial charge is 0.489 e. The van der Waals surface area contributed by atoms with E-state index in [-0.39, 0.29) is 0 Å². The quantitative estimate of drug-likeness (QED) is 0.371. The molecule has 34 heavy (non-hydrogen) atoms. The lowest BCUT2D eigenvalue weighted by molar-refractivity contribution is -0.160. The van der Waals surface area contributed by atoms with E-state index in [2.05, 4.69) is 6.58 Å². The SMILES string of the molecule is C=CCOc1cc(C)ccc1-c1c(C(OC(C)(C)C)C(=O)O)c(C)nc2sc3c(c12)CCCC3. The first kappa shape index (κ1) is 24.4. The van der Waals surface area contributed by atoms with E-state index in [4.69, 9.17) is 14.5 Å². The van der Waals surface area contributed by atoms with Crippen molar-refractivity contribution in [2.24, 2.45) is 0 Å². The standard InChI is InChI=1S/C28H33NO4S/c1-7-14-32-20-15-16(2)12-13-18(20)23-22(25(27(30)31)33-28(4,5)6)17(3)29-26-24(23)19-10-8-9-11-21(19)34-26/h7,12-13,15,25H,1,8-11,14H2,2-6H3,(H,30,31). The summed E-state index contributed by atoms with van der Waals surface area (Å²) in [7, 11) is 0. The first-order valence-corrected chi connectivity index (χ1v) is 12.6. The van der Waals surface area contributed by atoms with Crippen LogP contribution < -0.4 is 4.74 Å². The van der Waals surface area contributed by atoms with Gasteiger partial charge in [0.1, 0.15) is 17.2 Å². The van der Waals surface area contributed by atoms with Crippen molar-refractivity contribution in [2.75, 3.05) is 6.61 Å². The third kappa shape index (κ3) is 4.75. The number of thiophene rings is 1. The Hall–Kier alpha value is -2.70. The summed E-state index contributed by atoms with van der Waals surface area (Å²) in [5.41, 5.74) is 4.74. The van der Waals surface area contributed by atoms with Crippen LogP contribution in [-0.4, -0.2) is 28.3 Å². The second-order valence-electron chi connectivity index (χ2n) is 9.92. The summed E-state index contributed by atoms with van der Waals surface area (Å²) in [5.74, 6) is -0.311. The van der Waals surface area contributed by atoms with E-state index in [1.807, 2.05) is 52.8 Å². The average molecular weight is 480 g/mol. The molecule has 1 N–H and O–H groups in total. The topological polar surface area (TPSA) is 68.7 Å². The van der Waals surface area contributed by atoms with E-state index in [1.54, 1.807) is 17.4 Å². The molecule has 0 amide bonds. The highest BCUT2D eigenvalue weighted by molar-refractivity contribution is 7.19. The van der Waals surface area contributed by atoms with Crippen LogP contribution in [0.25, 0.3) is 21.3 Å². The molecule has 0 radical (unpaired) electrons. The Bertz CT molecular complexity index is 1250. The van der Waals surface area contributed by atoms with Crippen molar-refractivity contribution >= 4 is 27.5 Å². The maximum Gasteiger partial charge on any atom is 0.337 e. The summed E-state index contributed by atoms with van der Waals surface area (Å²) in [5, 5.41) is 11.4. The minimum atomic E-state index is -1.15.